The van der Waals surface area contributed by atoms with Crippen LogP contribution in [0, 0.1) is 17.0 Å². The average Bonchev–Trinajstić information content (AvgIpc) is 3.10. The van der Waals surface area contributed by atoms with Crippen molar-refractivity contribution < 1.29 is 9.72 Å². The molecule has 27 heavy (non-hydrogen) atoms. The molecular formula is C18H15Cl2N3O3S. The molecule has 2 aromatic carbocycles. The number of aliphatic imine (C=N–C) groups is 1. The van der Waals surface area contributed by atoms with E-state index in [9.17, 15) is 14.9 Å². The molecule has 0 spiro atoms. The van der Waals surface area contributed by atoms with E-state index in [2.05, 4.69) is 4.99 Å². The van der Waals surface area contributed by atoms with Crippen LogP contribution in [0.25, 0.3) is 0 Å². The molecule has 0 atom stereocenters. The van der Waals surface area contributed by atoms with Crippen LogP contribution in [0.2, 0.25) is 10.0 Å². The zero-order valence-corrected chi connectivity index (χ0v) is 16.6. The van der Waals surface area contributed by atoms with Crippen molar-refractivity contribution in [1.82, 2.24) is 4.90 Å². The van der Waals surface area contributed by atoms with Gasteiger partial charge < -0.3 is 0 Å². The summed E-state index contributed by atoms with van der Waals surface area (Å²) in [6, 6.07) is 9.89. The summed E-state index contributed by atoms with van der Waals surface area (Å²) < 4.78 is 0. The number of rotatable bonds is 4. The first-order valence-corrected chi connectivity index (χ1v) is 9.79. The second-order valence-electron chi connectivity index (χ2n) is 5.87. The third kappa shape index (κ3) is 4.26. The van der Waals surface area contributed by atoms with Gasteiger partial charge in [0.15, 0.2) is 5.17 Å². The molecule has 1 amide bonds. The van der Waals surface area contributed by atoms with Gasteiger partial charge in [-0.05, 0) is 30.7 Å². The van der Waals surface area contributed by atoms with Crippen molar-refractivity contribution in [1.29, 1.82) is 0 Å². The highest BCUT2D eigenvalue weighted by molar-refractivity contribution is 8.13. The Kier molecular flexibility index (Phi) is 6.04. The number of hydrogen-bond acceptors (Lipinski definition) is 5. The van der Waals surface area contributed by atoms with Gasteiger partial charge in [0.05, 0.1) is 21.5 Å². The molecule has 0 bridgehead atoms. The Balaban J connectivity index is 1.76. The average molecular weight is 424 g/mol. The van der Waals surface area contributed by atoms with Crippen LogP contribution in [0.1, 0.15) is 21.5 Å². The lowest BCUT2D eigenvalue weighted by atomic mass is 10.1. The lowest BCUT2D eigenvalue weighted by Gasteiger charge is -2.19. The fourth-order valence-corrected chi connectivity index (χ4v) is 4.02. The summed E-state index contributed by atoms with van der Waals surface area (Å²) in [4.78, 5) is 29.5. The molecule has 2 aromatic rings. The molecule has 1 heterocycles. The number of nitrogens with zero attached hydrogens (tertiary/aromatic N) is 3. The number of amides is 1. The van der Waals surface area contributed by atoms with Crippen molar-refractivity contribution in [3.8, 4) is 0 Å². The first-order chi connectivity index (χ1) is 12.9. The van der Waals surface area contributed by atoms with E-state index >= 15 is 0 Å². The first-order valence-electron chi connectivity index (χ1n) is 8.05. The van der Waals surface area contributed by atoms with E-state index in [1.165, 1.54) is 23.9 Å². The van der Waals surface area contributed by atoms with Gasteiger partial charge in [0.1, 0.15) is 0 Å². The molecule has 9 heteroatoms. The topological polar surface area (TPSA) is 75.8 Å². The highest BCUT2D eigenvalue weighted by Crippen LogP contribution is 2.28. The number of amidine groups is 1. The molecule has 0 aromatic heterocycles. The number of benzene rings is 2. The Morgan fingerprint density at radius 1 is 1.30 bits per heavy atom. The van der Waals surface area contributed by atoms with Crippen LogP contribution in [-0.2, 0) is 5.75 Å². The normalized spacial score (nSPS) is 13.6. The monoisotopic (exact) mass is 423 g/mol. The molecule has 6 nitrogen and oxygen atoms in total. The Hall–Kier alpha value is -2.09. The summed E-state index contributed by atoms with van der Waals surface area (Å²) in [7, 11) is 0. The Morgan fingerprint density at radius 2 is 2.07 bits per heavy atom. The molecular weight excluding hydrogens is 409 g/mol. The number of halogens is 2. The minimum absolute atomic E-state index is 0.0676. The number of nitro groups is 1. The molecule has 0 aliphatic carbocycles. The SMILES string of the molecule is Cc1c(C(=O)N2CCN=C2SCc2ccc(Cl)c(Cl)c2)cccc1[N+](=O)[O-]. The number of nitro benzene ring substituents is 1. The summed E-state index contributed by atoms with van der Waals surface area (Å²) in [5.41, 5.74) is 1.56. The Bertz CT molecular complexity index is 949. The minimum atomic E-state index is -0.482. The van der Waals surface area contributed by atoms with Crippen molar-refractivity contribution in [2.24, 2.45) is 4.99 Å². The standard InChI is InChI=1S/C18H15Cl2N3O3S/c1-11-13(3-2-4-16(11)23(25)26)17(24)22-8-7-21-18(22)27-10-12-5-6-14(19)15(20)9-12/h2-6,9H,7-8,10H2,1H3. The zero-order chi connectivity index (χ0) is 19.6. The highest BCUT2D eigenvalue weighted by Gasteiger charge is 2.28. The van der Waals surface area contributed by atoms with Crippen molar-refractivity contribution in [3.05, 3.63) is 73.2 Å². The predicted octanol–water partition coefficient (Wildman–Crippen LogP) is 4.96. The zero-order valence-electron chi connectivity index (χ0n) is 14.3. The third-order valence-corrected chi connectivity index (χ3v) is 5.96. The first kappa shape index (κ1) is 19.7. The number of thioether (sulfide) groups is 1. The van der Waals surface area contributed by atoms with Gasteiger partial charge in [0, 0.05) is 29.5 Å². The second kappa shape index (κ2) is 8.29. The summed E-state index contributed by atoms with van der Waals surface area (Å²) in [5.74, 6) is 0.294. The van der Waals surface area contributed by atoms with Gasteiger partial charge in [-0.25, -0.2) is 0 Å². The molecule has 3 rings (SSSR count). The lowest BCUT2D eigenvalue weighted by Crippen LogP contribution is -2.33. The molecule has 140 valence electrons. The second-order valence-corrected chi connectivity index (χ2v) is 7.62. The van der Waals surface area contributed by atoms with E-state index in [1.807, 2.05) is 6.07 Å². The number of hydrogen-bond donors (Lipinski definition) is 0. The molecule has 1 aliphatic rings. The maximum absolute atomic E-state index is 12.9. The quantitative estimate of drug-likeness (QED) is 0.514. The van der Waals surface area contributed by atoms with Gasteiger partial charge in [-0.1, -0.05) is 47.1 Å². The van der Waals surface area contributed by atoms with Gasteiger partial charge in [0.2, 0.25) is 0 Å². The van der Waals surface area contributed by atoms with E-state index in [1.54, 1.807) is 30.0 Å². The van der Waals surface area contributed by atoms with Crippen LogP contribution in [0.15, 0.2) is 41.4 Å². The van der Waals surface area contributed by atoms with E-state index in [4.69, 9.17) is 23.2 Å². The number of carbonyl (C=O) groups excluding carboxylic acids is 1. The minimum Gasteiger partial charge on any atom is -0.286 e. The van der Waals surface area contributed by atoms with Crippen molar-refractivity contribution in [2.75, 3.05) is 13.1 Å². The summed E-state index contributed by atoms with van der Waals surface area (Å²) in [6.07, 6.45) is 0. The van der Waals surface area contributed by atoms with E-state index < -0.39 is 4.92 Å². The van der Waals surface area contributed by atoms with Gasteiger partial charge in [-0.15, -0.1) is 0 Å². The maximum Gasteiger partial charge on any atom is 0.273 e. The lowest BCUT2D eigenvalue weighted by molar-refractivity contribution is -0.385. The van der Waals surface area contributed by atoms with Gasteiger partial charge in [0.25, 0.3) is 11.6 Å². The van der Waals surface area contributed by atoms with Gasteiger partial charge in [-0.3, -0.25) is 24.8 Å². The molecule has 0 saturated carbocycles. The summed E-state index contributed by atoms with van der Waals surface area (Å²) in [5, 5.41) is 12.7. The summed E-state index contributed by atoms with van der Waals surface area (Å²) in [6.45, 7) is 2.54. The van der Waals surface area contributed by atoms with E-state index in [0.29, 0.717) is 45.2 Å². The third-order valence-electron chi connectivity index (χ3n) is 4.13. The van der Waals surface area contributed by atoms with Crippen molar-refractivity contribution >= 4 is 51.7 Å². The van der Waals surface area contributed by atoms with Crippen LogP contribution in [0.5, 0.6) is 0 Å². The predicted molar refractivity (Wildman–Crippen MR) is 109 cm³/mol. The fourth-order valence-electron chi connectivity index (χ4n) is 2.71. The van der Waals surface area contributed by atoms with Crippen molar-refractivity contribution in [2.45, 2.75) is 12.7 Å². The number of carbonyl (C=O) groups is 1. The Labute approximate surface area is 170 Å². The van der Waals surface area contributed by atoms with E-state index in [0.717, 1.165) is 5.56 Å². The molecule has 0 fully saturated rings. The van der Waals surface area contributed by atoms with Crippen molar-refractivity contribution in [3.63, 3.8) is 0 Å². The van der Waals surface area contributed by atoms with Gasteiger partial charge in [-0.2, -0.15) is 0 Å². The van der Waals surface area contributed by atoms with Crippen LogP contribution < -0.4 is 0 Å². The molecule has 0 saturated heterocycles. The molecule has 1 aliphatic heterocycles. The van der Waals surface area contributed by atoms with E-state index in [-0.39, 0.29) is 11.6 Å². The smallest absolute Gasteiger partial charge is 0.273 e. The molecule has 0 unspecified atom stereocenters. The van der Waals surface area contributed by atoms with Gasteiger partial charge >= 0.3 is 0 Å². The fraction of sp³-hybridized carbons (Fsp3) is 0.222. The van der Waals surface area contributed by atoms with Crippen LogP contribution in [0.3, 0.4) is 0 Å². The van der Waals surface area contributed by atoms with Crippen LogP contribution >= 0.6 is 35.0 Å². The highest BCUT2D eigenvalue weighted by atomic mass is 35.5. The largest absolute Gasteiger partial charge is 0.286 e. The van der Waals surface area contributed by atoms with Crippen LogP contribution in [0.4, 0.5) is 5.69 Å². The summed E-state index contributed by atoms with van der Waals surface area (Å²) >= 11 is 13.4. The van der Waals surface area contributed by atoms with Crippen LogP contribution in [-0.4, -0.2) is 34.0 Å². The Morgan fingerprint density at radius 3 is 2.78 bits per heavy atom. The molecule has 0 N–H and O–H groups in total. The maximum atomic E-state index is 12.9. The molecule has 0 radical (unpaired) electrons.